The fraction of sp³-hybridized carbons (Fsp3) is 0.125. The second kappa shape index (κ2) is 3.58. The monoisotopic (exact) mass is 292 g/mol. The summed E-state index contributed by atoms with van der Waals surface area (Å²) >= 11 is 6.31. The number of ether oxygens (including phenoxy) is 1. The number of carbonyl (C=O) groups excluding carboxylic acids is 1. The van der Waals surface area contributed by atoms with E-state index in [4.69, 9.17) is 4.74 Å². The van der Waals surface area contributed by atoms with Gasteiger partial charge in [0.05, 0.1) is 5.57 Å². The van der Waals surface area contributed by atoms with Crippen LogP contribution >= 0.6 is 31.9 Å². The van der Waals surface area contributed by atoms with Gasteiger partial charge in [-0.1, -0.05) is 35.2 Å². The van der Waals surface area contributed by atoms with E-state index >= 15 is 0 Å². The van der Waals surface area contributed by atoms with E-state index in [9.17, 15) is 4.79 Å². The highest BCUT2D eigenvalue weighted by Gasteiger charge is 2.31. The fourth-order valence-corrected chi connectivity index (χ4v) is 1.89. The van der Waals surface area contributed by atoms with Gasteiger partial charge >= 0.3 is 5.97 Å². The molecular weight excluding hydrogens is 288 g/mol. The van der Waals surface area contributed by atoms with E-state index in [1.165, 1.54) is 0 Å². The Hall–Kier alpha value is -0.350. The number of carbonyl (C=O) groups is 1. The van der Waals surface area contributed by atoms with Gasteiger partial charge in [0, 0.05) is 10.1 Å². The topological polar surface area (TPSA) is 26.3 Å². The summed E-state index contributed by atoms with van der Waals surface area (Å²) in [5.74, 6) is -0.381. The summed E-state index contributed by atoms with van der Waals surface area (Å²) in [5.41, 5.74) is 1.16. The maximum Gasteiger partial charge on any atom is 0.341 e. The van der Waals surface area contributed by atoms with Gasteiger partial charge in [-0.3, -0.25) is 0 Å². The van der Waals surface area contributed by atoms with Crippen LogP contribution in [0.4, 0.5) is 0 Å². The van der Waals surface area contributed by atoms with Crippen LogP contribution in [-0.2, 0) is 9.53 Å². The first kappa shape index (κ1) is 9.74. The molecule has 0 N–H and O–H groups in total. The minimum Gasteiger partial charge on any atom is -0.442 e. The molecule has 64 valence electrons. The summed E-state index contributed by atoms with van der Waals surface area (Å²) in [6.45, 7) is 7.19. The molecule has 0 radical (unpaired) electrons. The molecule has 0 amide bonds. The molecule has 12 heavy (non-hydrogen) atoms. The molecule has 1 aliphatic rings. The van der Waals surface area contributed by atoms with Crippen LogP contribution in [0.3, 0.4) is 0 Å². The first-order valence-corrected chi connectivity index (χ1v) is 4.85. The van der Waals surface area contributed by atoms with Gasteiger partial charge in [-0.15, -0.1) is 0 Å². The highest BCUT2D eigenvalue weighted by molar-refractivity contribution is 9.12. The highest BCUT2D eigenvalue weighted by atomic mass is 79.9. The van der Waals surface area contributed by atoms with Crippen LogP contribution in [0, 0.1) is 0 Å². The van der Waals surface area contributed by atoms with E-state index in [0.29, 0.717) is 15.6 Å². The van der Waals surface area contributed by atoms with Gasteiger partial charge in [-0.2, -0.15) is 0 Å². The standard InChI is InChI=1S/C8H6Br2O2/c1-3-5-6(4(2)9)8(11)12-7(5)10/h3,7H,1-2H2. The van der Waals surface area contributed by atoms with Crippen LogP contribution in [0.2, 0.25) is 0 Å². The van der Waals surface area contributed by atoms with Crippen molar-refractivity contribution in [1.82, 2.24) is 0 Å². The summed E-state index contributed by atoms with van der Waals surface area (Å²) < 4.78 is 5.40. The van der Waals surface area contributed by atoms with E-state index in [1.54, 1.807) is 6.08 Å². The molecule has 0 aliphatic carbocycles. The molecule has 1 atom stereocenters. The van der Waals surface area contributed by atoms with Crippen LogP contribution in [0.5, 0.6) is 0 Å². The van der Waals surface area contributed by atoms with E-state index in [1.807, 2.05) is 0 Å². The van der Waals surface area contributed by atoms with E-state index < -0.39 is 5.01 Å². The smallest absolute Gasteiger partial charge is 0.341 e. The summed E-state index contributed by atoms with van der Waals surface area (Å²) in [6, 6.07) is 0. The second-order valence-corrected chi connectivity index (χ2v) is 3.95. The Morgan fingerprint density at radius 2 is 2.25 bits per heavy atom. The lowest BCUT2D eigenvalue weighted by atomic mass is 10.1. The van der Waals surface area contributed by atoms with E-state index in [0.717, 1.165) is 0 Å². The van der Waals surface area contributed by atoms with Gasteiger partial charge in [-0.05, 0) is 15.9 Å². The molecule has 0 aromatic carbocycles. The van der Waals surface area contributed by atoms with Gasteiger partial charge in [0.15, 0.2) is 5.01 Å². The number of cyclic esters (lactones) is 1. The molecule has 0 bridgehead atoms. The maximum absolute atomic E-state index is 11.1. The molecule has 0 fully saturated rings. The minimum atomic E-state index is -0.396. The number of esters is 1. The summed E-state index contributed by atoms with van der Waals surface area (Å²) in [6.07, 6.45) is 1.58. The Bertz CT molecular complexity index is 291. The number of hydrogen-bond donors (Lipinski definition) is 0. The third-order valence-corrected chi connectivity index (χ3v) is 2.52. The van der Waals surface area contributed by atoms with Crippen LogP contribution < -0.4 is 0 Å². The quantitative estimate of drug-likeness (QED) is 0.578. The lowest BCUT2D eigenvalue weighted by Gasteiger charge is -1.99. The average Bonchev–Trinajstić information content (AvgIpc) is 2.24. The predicted octanol–water partition coefficient (Wildman–Crippen LogP) is 2.66. The Labute approximate surface area is 87.2 Å². The third kappa shape index (κ3) is 1.54. The summed E-state index contributed by atoms with van der Waals surface area (Å²) in [5, 5.41) is -0.396. The molecule has 0 aromatic heterocycles. The van der Waals surface area contributed by atoms with Crippen molar-refractivity contribution in [3.8, 4) is 0 Å². The van der Waals surface area contributed by atoms with Crippen molar-refractivity contribution in [2.75, 3.05) is 0 Å². The summed E-state index contributed by atoms with van der Waals surface area (Å²) in [7, 11) is 0. The van der Waals surface area contributed by atoms with Crippen LogP contribution in [-0.4, -0.2) is 11.0 Å². The normalized spacial score (nSPS) is 22.5. The first-order chi connectivity index (χ1) is 5.57. The molecule has 4 heteroatoms. The molecule has 0 aromatic rings. The predicted molar refractivity (Wildman–Crippen MR) is 54.1 cm³/mol. The van der Waals surface area contributed by atoms with Crippen molar-refractivity contribution in [1.29, 1.82) is 0 Å². The highest BCUT2D eigenvalue weighted by Crippen LogP contribution is 2.33. The largest absolute Gasteiger partial charge is 0.442 e. The Morgan fingerprint density at radius 1 is 1.67 bits per heavy atom. The number of alkyl halides is 1. The van der Waals surface area contributed by atoms with Crippen molar-refractivity contribution < 1.29 is 9.53 Å². The fourth-order valence-electron chi connectivity index (χ4n) is 0.910. The molecule has 0 saturated carbocycles. The zero-order valence-electron chi connectivity index (χ0n) is 6.14. The van der Waals surface area contributed by atoms with Crippen molar-refractivity contribution in [2.45, 2.75) is 5.01 Å². The summed E-state index contributed by atoms with van der Waals surface area (Å²) in [4.78, 5) is 11.1. The van der Waals surface area contributed by atoms with Crippen molar-refractivity contribution in [2.24, 2.45) is 0 Å². The Kier molecular flexibility index (Phi) is 2.90. The van der Waals surface area contributed by atoms with Gasteiger partial charge in [0.1, 0.15) is 0 Å². The zero-order valence-corrected chi connectivity index (χ0v) is 9.31. The molecule has 0 spiro atoms. The molecule has 0 saturated heterocycles. The average molecular weight is 294 g/mol. The van der Waals surface area contributed by atoms with Gasteiger partial charge in [0.2, 0.25) is 0 Å². The first-order valence-electron chi connectivity index (χ1n) is 3.14. The molecule has 1 aliphatic heterocycles. The molecule has 2 nitrogen and oxygen atoms in total. The minimum absolute atomic E-state index is 0.381. The van der Waals surface area contributed by atoms with E-state index in [2.05, 4.69) is 45.0 Å². The van der Waals surface area contributed by atoms with Gasteiger partial charge in [-0.25, -0.2) is 4.79 Å². The van der Waals surface area contributed by atoms with Crippen LogP contribution in [0.1, 0.15) is 0 Å². The third-order valence-electron chi connectivity index (χ3n) is 1.44. The number of hydrogen-bond acceptors (Lipinski definition) is 2. The van der Waals surface area contributed by atoms with Crippen LogP contribution in [0.15, 0.2) is 34.9 Å². The molecule has 1 heterocycles. The lowest BCUT2D eigenvalue weighted by molar-refractivity contribution is -0.136. The Balaban J connectivity index is 3.18. The zero-order chi connectivity index (χ0) is 9.30. The van der Waals surface area contributed by atoms with E-state index in [-0.39, 0.29) is 5.97 Å². The second-order valence-electron chi connectivity index (χ2n) is 2.16. The van der Waals surface area contributed by atoms with Gasteiger partial charge < -0.3 is 4.74 Å². The van der Waals surface area contributed by atoms with Crippen molar-refractivity contribution >= 4 is 37.8 Å². The van der Waals surface area contributed by atoms with Crippen LogP contribution in [0.25, 0.3) is 0 Å². The molecule has 1 rings (SSSR count). The maximum atomic E-state index is 11.1. The SMILES string of the molecule is C=CC1=C(C(=C)Br)C(=O)OC1Br. The number of rotatable bonds is 2. The molecular formula is C8H6Br2O2. The Morgan fingerprint density at radius 3 is 2.58 bits per heavy atom. The molecule has 1 unspecified atom stereocenters. The van der Waals surface area contributed by atoms with Crippen molar-refractivity contribution in [3.63, 3.8) is 0 Å². The van der Waals surface area contributed by atoms with Crippen molar-refractivity contribution in [3.05, 3.63) is 34.9 Å². The lowest BCUT2D eigenvalue weighted by Crippen LogP contribution is -2.01. The van der Waals surface area contributed by atoms with Gasteiger partial charge in [0.25, 0.3) is 0 Å². The number of halogens is 2.